The fourth-order valence-electron chi connectivity index (χ4n) is 1.35. The van der Waals surface area contributed by atoms with E-state index < -0.39 is 29.6 Å². The van der Waals surface area contributed by atoms with E-state index in [4.69, 9.17) is 5.73 Å². The van der Waals surface area contributed by atoms with Gasteiger partial charge in [-0.3, -0.25) is 0 Å². The zero-order valence-corrected chi connectivity index (χ0v) is 8.68. The van der Waals surface area contributed by atoms with Crippen molar-refractivity contribution in [3.63, 3.8) is 0 Å². The molecule has 0 aliphatic rings. The van der Waals surface area contributed by atoms with Gasteiger partial charge in [0.15, 0.2) is 11.4 Å². The summed E-state index contributed by atoms with van der Waals surface area (Å²) in [5, 5.41) is 0. The Morgan fingerprint density at radius 3 is 2.35 bits per heavy atom. The molecular formula is C9H9F5N2O. The highest BCUT2D eigenvalue weighted by atomic mass is 19.4. The summed E-state index contributed by atoms with van der Waals surface area (Å²) in [6.07, 6.45) is -7.29. The molecule has 8 heteroatoms. The zero-order valence-electron chi connectivity index (χ0n) is 8.68. The van der Waals surface area contributed by atoms with Crippen LogP contribution in [0.25, 0.3) is 0 Å². The van der Waals surface area contributed by atoms with Crippen molar-refractivity contribution in [2.45, 2.75) is 19.1 Å². The van der Waals surface area contributed by atoms with Crippen LogP contribution in [0, 0.1) is 0 Å². The summed E-state index contributed by atoms with van der Waals surface area (Å²) in [6.45, 7) is -0.346. The Kier molecular flexibility index (Phi) is 3.87. The summed E-state index contributed by atoms with van der Waals surface area (Å²) in [7, 11) is 0.873. The van der Waals surface area contributed by atoms with Gasteiger partial charge in [0.25, 0.3) is 6.43 Å². The highest BCUT2D eigenvalue weighted by molar-refractivity contribution is 5.44. The second kappa shape index (κ2) is 4.82. The molecule has 96 valence electrons. The Morgan fingerprint density at radius 2 is 2.00 bits per heavy atom. The SMILES string of the molecule is COc1c(C(F)(F)F)ncc(CN)c1C(F)F. The molecule has 0 spiro atoms. The quantitative estimate of drug-likeness (QED) is 0.845. The summed E-state index contributed by atoms with van der Waals surface area (Å²) in [6, 6.07) is 0. The van der Waals surface area contributed by atoms with E-state index in [0.717, 1.165) is 7.11 Å². The average Bonchev–Trinajstić information content (AvgIpc) is 2.25. The summed E-state index contributed by atoms with van der Waals surface area (Å²) in [5.74, 6) is -0.976. The van der Waals surface area contributed by atoms with Gasteiger partial charge < -0.3 is 10.5 Å². The van der Waals surface area contributed by atoms with E-state index in [2.05, 4.69) is 9.72 Å². The van der Waals surface area contributed by atoms with E-state index in [-0.39, 0.29) is 12.1 Å². The number of pyridine rings is 1. The number of hydrogen-bond donors (Lipinski definition) is 1. The predicted octanol–water partition coefficient (Wildman–Crippen LogP) is 2.51. The van der Waals surface area contributed by atoms with E-state index >= 15 is 0 Å². The number of aromatic nitrogens is 1. The lowest BCUT2D eigenvalue weighted by Crippen LogP contribution is -2.15. The van der Waals surface area contributed by atoms with E-state index in [1.54, 1.807) is 0 Å². The van der Waals surface area contributed by atoms with Crippen molar-refractivity contribution in [2.24, 2.45) is 5.73 Å². The number of hydrogen-bond acceptors (Lipinski definition) is 3. The van der Waals surface area contributed by atoms with Crippen molar-refractivity contribution in [3.8, 4) is 5.75 Å². The minimum atomic E-state index is -4.86. The van der Waals surface area contributed by atoms with Crippen molar-refractivity contribution in [1.29, 1.82) is 0 Å². The number of alkyl halides is 5. The van der Waals surface area contributed by atoms with Crippen molar-refractivity contribution in [3.05, 3.63) is 23.0 Å². The first-order chi connectivity index (χ1) is 7.82. The van der Waals surface area contributed by atoms with E-state index in [9.17, 15) is 22.0 Å². The molecule has 0 aromatic carbocycles. The smallest absolute Gasteiger partial charge is 0.437 e. The van der Waals surface area contributed by atoms with Gasteiger partial charge in [0.1, 0.15) is 0 Å². The van der Waals surface area contributed by atoms with Crippen molar-refractivity contribution < 1.29 is 26.7 Å². The first-order valence-corrected chi connectivity index (χ1v) is 4.44. The molecule has 0 unspecified atom stereocenters. The van der Waals surface area contributed by atoms with Gasteiger partial charge in [0.2, 0.25) is 0 Å². The van der Waals surface area contributed by atoms with Gasteiger partial charge in [-0.05, 0) is 5.56 Å². The minimum Gasteiger partial charge on any atom is -0.494 e. The van der Waals surface area contributed by atoms with Crippen LogP contribution >= 0.6 is 0 Å². The number of nitrogens with zero attached hydrogens (tertiary/aromatic N) is 1. The molecule has 1 aromatic heterocycles. The Hall–Kier alpha value is -1.44. The van der Waals surface area contributed by atoms with Crippen LogP contribution in [0.2, 0.25) is 0 Å². The maximum atomic E-state index is 12.7. The third kappa shape index (κ3) is 2.63. The number of methoxy groups -OCH3 is 1. The molecular weight excluding hydrogens is 247 g/mol. The van der Waals surface area contributed by atoms with Gasteiger partial charge >= 0.3 is 6.18 Å². The molecule has 0 bridgehead atoms. The summed E-state index contributed by atoms with van der Waals surface area (Å²) in [4.78, 5) is 3.07. The first-order valence-electron chi connectivity index (χ1n) is 4.44. The van der Waals surface area contributed by atoms with Gasteiger partial charge in [-0.25, -0.2) is 13.8 Å². The van der Waals surface area contributed by atoms with Crippen LogP contribution in [-0.4, -0.2) is 12.1 Å². The lowest BCUT2D eigenvalue weighted by atomic mass is 10.1. The lowest BCUT2D eigenvalue weighted by Gasteiger charge is -2.16. The molecule has 0 fully saturated rings. The summed E-state index contributed by atoms with van der Waals surface area (Å²) in [5.41, 5.74) is 2.64. The molecule has 3 nitrogen and oxygen atoms in total. The third-order valence-corrected chi connectivity index (χ3v) is 2.07. The molecule has 0 saturated carbocycles. The van der Waals surface area contributed by atoms with E-state index in [0.29, 0.717) is 6.20 Å². The van der Waals surface area contributed by atoms with Gasteiger partial charge in [-0.15, -0.1) is 0 Å². The first kappa shape index (κ1) is 13.6. The Morgan fingerprint density at radius 1 is 1.41 bits per heavy atom. The molecule has 1 heterocycles. The highest BCUT2D eigenvalue weighted by Gasteiger charge is 2.39. The largest absolute Gasteiger partial charge is 0.494 e. The van der Waals surface area contributed by atoms with Gasteiger partial charge in [0, 0.05) is 12.7 Å². The molecule has 0 atom stereocenters. The second-order valence-electron chi connectivity index (χ2n) is 3.08. The van der Waals surface area contributed by atoms with Crippen LogP contribution in [0.15, 0.2) is 6.20 Å². The molecule has 0 aliphatic heterocycles. The standard InChI is InChI=1S/C9H9F5N2O/c1-17-6-5(8(10)11)4(2-15)3-16-7(6)9(12,13)14/h3,8H,2,15H2,1H3. The Labute approximate surface area is 93.4 Å². The van der Waals surface area contributed by atoms with Gasteiger partial charge in [-0.1, -0.05) is 0 Å². The molecule has 1 aromatic rings. The monoisotopic (exact) mass is 256 g/mol. The molecule has 0 aliphatic carbocycles. The van der Waals surface area contributed by atoms with Gasteiger partial charge in [0.05, 0.1) is 12.7 Å². The highest BCUT2D eigenvalue weighted by Crippen LogP contribution is 2.41. The minimum absolute atomic E-state index is 0.176. The average molecular weight is 256 g/mol. The number of ether oxygens (including phenoxy) is 1. The maximum Gasteiger partial charge on any atom is 0.437 e. The van der Waals surface area contributed by atoms with Crippen LogP contribution in [0.3, 0.4) is 0 Å². The molecule has 2 N–H and O–H groups in total. The van der Waals surface area contributed by atoms with Crippen molar-refractivity contribution in [1.82, 2.24) is 4.98 Å². The second-order valence-corrected chi connectivity index (χ2v) is 3.08. The summed E-state index contributed by atoms with van der Waals surface area (Å²) >= 11 is 0. The van der Waals surface area contributed by atoms with Crippen molar-refractivity contribution >= 4 is 0 Å². The van der Waals surface area contributed by atoms with E-state index in [1.165, 1.54) is 0 Å². The lowest BCUT2D eigenvalue weighted by molar-refractivity contribution is -0.142. The Bertz CT molecular complexity index is 405. The Balaban J connectivity index is 3.52. The maximum absolute atomic E-state index is 12.7. The van der Waals surface area contributed by atoms with Crippen LogP contribution < -0.4 is 10.5 Å². The van der Waals surface area contributed by atoms with Crippen LogP contribution in [0.4, 0.5) is 22.0 Å². The van der Waals surface area contributed by atoms with Crippen LogP contribution in [0.5, 0.6) is 5.75 Å². The van der Waals surface area contributed by atoms with Crippen LogP contribution in [0.1, 0.15) is 23.2 Å². The van der Waals surface area contributed by atoms with Crippen LogP contribution in [-0.2, 0) is 12.7 Å². The van der Waals surface area contributed by atoms with Gasteiger partial charge in [-0.2, -0.15) is 13.2 Å². The third-order valence-electron chi connectivity index (χ3n) is 2.07. The zero-order chi connectivity index (χ0) is 13.2. The molecule has 1 rings (SSSR count). The number of halogens is 5. The molecule has 0 radical (unpaired) electrons. The summed E-state index contributed by atoms with van der Waals surface area (Å²) < 4.78 is 67.3. The molecule has 0 saturated heterocycles. The molecule has 0 amide bonds. The normalized spacial score (nSPS) is 12.0. The topological polar surface area (TPSA) is 48.1 Å². The predicted molar refractivity (Wildman–Crippen MR) is 48.6 cm³/mol. The fraction of sp³-hybridized carbons (Fsp3) is 0.444. The molecule has 17 heavy (non-hydrogen) atoms. The van der Waals surface area contributed by atoms with E-state index in [1.807, 2.05) is 0 Å². The van der Waals surface area contributed by atoms with Crippen molar-refractivity contribution in [2.75, 3.05) is 7.11 Å². The number of nitrogens with two attached hydrogens (primary N) is 1. The fourth-order valence-corrected chi connectivity index (χ4v) is 1.35. The number of rotatable bonds is 3.